The number of aromatic amines is 1. The zero-order chi connectivity index (χ0) is 11.7. The first kappa shape index (κ1) is 10.1. The fourth-order valence-electron chi connectivity index (χ4n) is 1.29. The van der Waals surface area contributed by atoms with Crippen LogP contribution >= 0.6 is 0 Å². The second-order valence-corrected chi connectivity index (χ2v) is 3.27. The molecule has 0 fully saturated rings. The lowest BCUT2D eigenvalue weighted by atomic mass is 10.1. The summed E-state index contributed by atoms with van der Waals surface area (Å²) in [7, 11) is 1.72. The van der Waals surface area contributed by atoms with E-state index in [1.54, 1.807) is 13.2 Å². The number of carbonyl (C=O) groups is 1. The lowest BCUT2D eigenvalue weighted by Gasteiger charge is -1.97. The van der Waals surface area contributed by atoms with Crippen LogP contribution in [0, 0.1) is 0 Å². The van der Waals surface area contributed by atoms with Crippen LogP contribution in [0.5, 0.6) is 0 Å². The molecule has 0 spiro atoms. The number of pyridine rings is 1. The van der Waals surface area contributed by atoms with E-state index in [1.165, 1.54) is 16.9 Å². The number of hydrogen-bond acceptors (Lipinski definition) is 4. The maximum absolute atomic E-state index is 11.3. The predicted molar refractivity (Wildman–Crippen MR) is 55.6 cm³/mol. The van der Waals surface area contributed by atoms with Crippen molar-refractivity contribution in [2.75, 3.05) is 0 Å². The van der Waals surface area contributed by atoms with Gasteiger partial charge in [0.2, 0.25) is 0 Å². The summed E-state index contributed by atoms with van der Waals surface area (Å²) < 4.78 is 1.52. The van der Waals surface area contributed by atoms with Crippen LogP contribution in [-0.4, -0.2) is 25.9 Å². The minimum absolute atomic E-state index is 0.0943. The Morgan fingerprint density at radius 2 is 2.31 bits per heavy atom. The third-order valence-corrected chi connectivity index (χ3v) is 2.07. The van der Waals surface area contributed by atoms with Crippen LogP contribution in [0.1, 0.15) is 10.4 Å². The molecule has 2 rings (SSSR count). The number of nitrogens with two attached hydrogens (primary N) is 1. The molecule has 0 atom stereocenters. The van der Waals surface area contributed by atoms with Crippen molar-refractivity contribution in [3.05, 3.63) is 34.4 Å². The number of nitrogens with zero attached hydrogens (tertiary/aromatic N) is 3. The third-order valence-electron chi connectivity index (χ3n) is 2.07. The van der Waals surface area contributed by atoms with Crippen molar-refractivity contribution in [2.45, 2.75) is 0 Å². The molecule has 2 heterocycles. The lowest BCUT2D eigenvalue weighted by molar-refractivity contribution is 0.0999. The van der Waals surface area contributed by atoms with Gasteiger partial charge >= 0.3 is 0 Å². The SMILES string of the molecule is Cn1cc(-c2c[nH]c(=O)c(C(N)=O)c2)nn1. The maximum Gasteiger partial charge on any atom is 0.260 e. The average Bonchev–Trinajstić information content (AvgIpc) is 2.65. The van der Waals surface area contributed by atoms with Crippen molar-refractivity contribution < 1.29 is 4.79 Å². The highest BCUT2D eigenvalue weighted by molar-refractivity contribution is 5.93. The highest BCUT2D eigenvalue weighted by Crippen LogP contribution is 2.13. The molecule has 3 N–H and O–H groups in total. The number of primary amides is 1. The molecule has 2 aromatic rings. The van der Waals surface area contributed by atoms with Gasteiger partial charge in [-0.25, -0.2) is 0 Å². The first-order chi connectivity index (χ1) is 7.58. The van der Waals surface area contributed by atoms with Gasteiger partial charge in [0.1, 0.15) is 11.3 Å². The molecular formula is C9H9N5O2. The van der Waals surface area contributed by atoms with Crippen molar-refractivity contribution in [3.63, 3.8) is 0 Å². The molecule has 82 valence electrons. The summed E-state index contributed by atoms with van der Waals surface area (Å²) in [5.41, 5.74) is 5.60. The second-order valence-electron chi connectivity index (χ2n) is 3.27. The summed E-state index contributed by atoms with van der Waals surface area (Å²) in [6, 6.07) is 1.39. The van der Waals surface area contributed by atoms with Crippen molar-refractivity contribution in [1.82, 2.24) is 20.0 Å². The van der Waals surface area contributed by atoms with Crippen molar-refractivity contribution in [1.29, 1.82) is 0 Å². The van der Waals surface area contributed by atoms with E-state index in [2.05, 4.69) is 15.3 Å². The number of rotatable bonds is 2. The Hall–Kier alpha value is -2.44. The molecule has 2 aromatic heterocycles. The van der Waals surface area contributed by atoms with Crippen LogP contribution < -0.4 is 11.3 Å². The van der Waals surface area contributed by atoms with E-state index in [0.717, 1.165) is 0 Å². The van der Waals surface area contributed by atoms with Crippen molar-refractivity contribution >= 4 is 5.91 Å². The highest BCUT2D eigenvalue weighted by Gasteiger charge is 2.10. The van der Waals surface area contributed by atoms with Gasteiger partial charge in [-0.05, 0) is 6.07 Å². The van der Waals surface area contributed by atoms with Crippen LogP contribution in [0.4, 0.5) is 0 Å². The quantitative estimate of drug-likeness (QED) is 0.694. The molecule has 7 nitrogen and oxygen atoms in total. The van der Waals surface area contributed by atoms with Gasteiger partial charge in [0.05, 0.1) is 6.20 Å². The van der Waals surface area contributed by atoms with E-state index in [1.807, 2.05) is 0 Å². The summed E-state index contributed by atoms with van der Waals surface area (Å²) in [6.45, 7) is 0. The summed E-state index contributed by atoms with van der Waals surface area (Å²) >= 11 is 0. The third kappa shape index (κ3) is 1.70. The second kappa shape index (κ2) is 3.61. The molecule has 16 heavy (non-hydrogen) atoms. The van der Waals surface area contributed by atoms with Crippen LogP contribution in [0.3, 0.4) is 0 Å². The van der Waals surface area contributed by atoms with Crippen LogP contribution in [0.2, 0.25) is 0 Å². The Kier molecular flexibility index (Phi) is 2.28. The summed E-state index contributed by atoms with van der Waals surface area (Å²) in [5.74, 6) is -0.771. The minimum Gasteiger partial charge on any atom is -0.365 e. The Morgan fingerprint density at radius 3 is 2.88 bits per heavy atom. The van der Waals surface area contributed by atoms with Crippen LogP contribution in [0.25, 0.3) is 11.3 Å². The number of carbonyl (C=O) groups excluding carboxylic acids is 1. The number of aromatic nitrogens is 4. The fraction of sp³-hybridized carbons (Fsp3) is 0.111. The molecule has 0 aliphatic rings. The van der Waals surface area contributed by atoms with Gasteiger partial charge < -0.3 is 10.7 Å². The smallest absolute Gasteiger partial charge is 0.260 e. The van der Waals surface area contributed by atoms with E-state index in [-0.39, 0.29) is 5.56 Å². The van der Waals surface area contributed by atoms with Gasteiger partial charge in [-0.3, -0.25) is 14.3 Å². The monoisotopic (exact) mass is 219 g/mol. The highest BCUT2D eigenvalue weighted by atomic mass is 16.2. The molecule has 0 aliphatic heterocycles. The van der Waals surface area contributed by atoms with E-state index in [4.69, 9.17) is 5.73 Å². The van der Waals surface area contributed by atoms with E-state index in [0.29, 0.717) is 11.3 Å². The largest absolute Gasteiger partial charge is 0.365 e. The maximum atomic E-state index is 11.3. The number of nitrogens with one attached hydrogen (secondary N) is 1. The number of hydrogen-bond donors (Lipinski definition) is 2. The molecule has 0 aliphatic carbocycles. The van der Waals surface area contributed by atoms with Crippen molar-refractivity contribution in [2.24, 2.45) is 12.8 Å². The Balaban J connectivity index is 2.55. The Morgan fingerprint density at radius 1 is 1.56 bits per heavy atom. The topological polar surface area (TPSA) is 107 Å². The molecule has 0 unspecified atom stereocenters. The summed E-state index contributed by atoms with van der Waals surface area (Å²) in [5, 5.41) is 7.60. The molecule has 0 aromatic carbocycles. The van der Waals surface area contributed by atoms with Crippen LogP contribution in [-0.2, 0) is 7.05 Å². The van der Waals surface area contributed by atoms with E-state index < -0.39 is 11.5 Å². The van der Waals surface area contributed by atoms with Gasteiger partial charge in [0.15, 0.2) is 0 Å². The normalized spacial score (nSPS) is 10.3. The molecule has 0 radical (unpaired) electrons. The molecule has 0 saturated heterocycles. The first-order valence-electron chi connectivity index (χ1n) is 4.47. The molecular weight excluding hydrogens is 210 g/mol. The first-order valence-corrected chi connectivity index (χ1v) is 4.47. The zero-order valence-corrected chi connectivity index (χ0v) is 8.47. The predicted octanol–water partition coefficient (Wildman–Crippen LogP) is -0.731. The van der Waals surface area contributed by atoms with Gasteiger partial charge in [0.25, 0.3) is 11.5 Å². The number of aryl methyl sites for hydroxylation is 1. The molecule has 0 saturated carbocycles. The standard InChI is InChI=1S/C9H9N5O2/c1-14-4-7(12-13-14)5-2-6(8(10)15)9(16)11-3-5/h2-4H,1H3,(H2,10,15)(H,11,16). The zero-order valence-electron chi connectivity index (χ0n) is 8.47. The summed E-state index contributed by atoms with van der Waals surface area (Å²) in [4.78, 5) is 24.6. The Labute approximate surface area is 89.9 Å². The fourth-order valence-corrected chi connectivity index (χ4v) is 1.29. The molecule has 0 bridgehead atoms. The average molecular weight is 219 g/mol. The van der Waals surface area contributed by atoms with Crippen molar-refractivity contribution in [3.8, 4) is 11.3 Å². The summed E-state index contributed by atoms with van der Waals surface area (Å²) in [6.07, 6.45) is 3.12. The molecule has 7 heteroatoms. The minimum atomic E-state index is -0.771. The van der Waals surface area contributed by atoms with Gasteiger partial charge in [-0.15, -0.1) is 5.10 Å². The van der Waals surface area contributed by atoms with Gasteiger partial charge in [-0.1, -0.05) is 5.21 Å². The van der Waals surface area contributed by atoms with E-state index in [9.17, 15) is 9.59 Å². The molecule has 1 amide bonds. The van der Waals surface area contributed by atoms with Crippen LogP contribution in [0.15, 0.2) is 23.3 Å². The number of amides is 1. The lowest BCUT2D eigenvalue weighted by Crippen LogP contribution is -2.23. The van der Waals surface area contributed by atoms with Gasteiger partial charge in [0, 0.05) is 18.8 Å². The Bertz CT molecular complexity index is 598. The number of H-pyrrole nitrogens is 1. The van der Waals surface area contributed by atoms with E-state index >= 15 is 0 Å². The van der Waals surface area contributed by atoms with Gasteiger partial charge in [-0.2, -0.15) is 0 Å².